The van der Waals surface area contributed by atoms with Crippen LogP contribution in [0.5, 0.6) is 5.75 Å². The Morgan fingerprint density at radius 3 is 2.72 bits per heavy atom. The third kappa shape index (κ3) is 2.26. The Morgan fingerprint density at radius 1 is 1.39 bits per heavy atom. The molecule has 0 spiro atoms. The van der Waals surface area contributed by atoms with Crippen LogP contribution in [-0.4, -0.2) is 17.9 Å². The van der Waals surface area contributed by atoms with E-state index < -0.39 is 0 Å². The minimum Gasteiger partial charge on any atom is -0.497 e. The van der Waals surface area contributed by atoms with E-state index in [0.29, 0.717) is 6.42 Å². The van der Waals surface area contributed by atoms with Gasteiger partial charge in [0.25, 0.3) is 0 Å². The van der Waals surface area contributed by atoms with Gasteiger partial charge in [-0.3, -0.25) is 4.79 Å². The van der Waals surface area contributed by atoms with Gasteiger partial charge < -0.3 is 9.72 Å². The first-order valence-electron chi connectivity index (χ1n) is 6.21. The molecule has 0 aliphatic rings. The molecule has 96 valence electrons. The van der Waals surface area contributed by atoms with Crippen molar-refractivity contribution < 1.29 is 9.53 Å². The minimum atomic E-state index is 0.0694. The second kappa shape index (κ2) is 4.84. The van der Waals surface area contributed by atoms with Crippen LogP contribution in [0, 0.1) is 12.8 Å². The lowest BCUT2D eigenvalue weighted by Gasteiger charge is -2.05. The van der Waals surface area contributed by atoms with Gasteiger partial charge in [0.05, 0.1) is 7.11 Å². The predicted molar refractivity (Wildman–Crippen MR) is 73.1 cm³/mol. The second-order valence-corrected chi connectivity index (χ2v) is 4.94. The van der Waals surface area contributed by atoms with Crippen molar-refractivity contribution in [2.75, 3.05) is 7.11 Å². The lowest BCUT2D eigenvalue weighted by atomic mass is 9.99. The first-order valence-corrected chi connectivity index (χ1v) is 6.21. The highest BCUT2D eigenvalue weighted by atomic mass is 16.5. The fourth-order valence-electron chi connectivity index (χ4n) is 2.09. The van der Waals surface area contributed by atoms with Crippen LogP contribution >= 0.6 is 0 Å². The molecule has 1 aromatic heterocycles. The third-order valence-corrected chi connectivity index (χ3v) is 3.32. The Morgan fingerprint density at radius 2 is 2.11 bits per heavy atom. The third-order valence-electron chi connectivity index (χ3n) is 3.32. The van der Waals surface area contributed by atoms with Crippen LogP contribution in [0.25, 0.3) is 10.9 Å². The molecule has 3 nitrogen and oxygen atoms in total. The number of hydrogen-bond acceptors (Lipinski definition) is 2. The Balaban J connectivity index is 2.48. The number of ketones is 1. The summed E-state index contributed by atoms with van der Waals surface area (Å²) in [7, 11) is 1.65. The summed E-state index contributed by atoms with van der Waals surface area (Å²) in [6.07, 6.45) is 0.483. The van der Waals surface area contributed by atoms with Crippen molar-refractivity contribution in [1.82, 2.24) is 4.98 Å². The molecule has 0 atom stereocenters. The molecular weight excluding hydrogens is 226 g/mol. The van der Waals surface area contributed by atoms with Crippen molar-refractivity contribution in [3.63, 3.8) is 0 Å². The van der Waals surface area contributed by atoms with Gasteiger partial charge in [0.2, 0.25) is 0 Å². The summed E-state index contributed by atoms with van der Waals surface area (Å²) in [6.45, 7) is 5.88. The van der Waals surface area contributed by atoms with Gasteiger partial charge >= 0.3 is 0 Å². The molecule has 1 N–H and O–H groups in total. The molecule has 0 radical (unpaired) electrons. The fraction of sp³-hybridized carbons (Fsp3) is 0.400. The smallest absolute Gasteiger partial charge is 0.139 e. The number of aromatic amines is 1. The lowest BCUT2D eigenvalue weighted by molar-refractivity contribution is -0.121. The summed E-state index contributed by atoms with van der Waals surface area (Å²) in [4.78, 5) is 15.2. The molecule has 0 bridgehead atoms. The predicted octanol–water partition coefficient (Wildman–Crippen LogP) is 3.25. The Bertz CT molecular complexity index is 581. The molecule has 1 heterocycles. The van der Waals surface area contributed by atoms with Crippen LogP contribution in [0.4, 0.5) is 0 Å². The molecule has 1 aromatic carbocycles. The maximum atomic E-state index is 11.9. The largest absolute Gasteiger partial charge is 0.497 e. The molecule has 2 rings (SSSR count). The minimum absolute atomic E-state index is 0.0694. The molecule has 0 aliphatic carbocycles. The quantitative estimate of drug-likeness (QED) is 0.898. The van der Waals surface area contributed by atoms with Crippen molar-refractivity contribution in [1.29, 1.82) is 0 Å². The summed E-state index contributed by atoms with van der Waals surface area (Å²) in [6, 6.07) is 5.90. The van der Waals surface area contributed by atoms with E-state index >= 15 is 0 Å². The average Bonchev–Trinajstić information content (AvgIpc) is 2.65. The van der Waals surface area contributed by atoms with E-state index in [1.165, 1.54) is 0 Å². The summed E-state index contributed by atoms with van der Waals surface area (Å²) in [5, 5.41) is 1.08. The Hall–Kier alpha value is -1.77. The number of nitrogens with one attached hydrogen (secondary N) is 1. The molecule has 0 unspecified atom stereocenters. The number of carbonyl (C=O) groups is 1. The van der Waals surface area contributed by atoms with Crippen LogP contribution in [0.3, 0.4) is 0 Å². The average molecular weight is 245 g/mol. The van der Waals surface area contributed by atoms with E-state index in [-0.39, 0.29) is 11.7 Å². The highest BCUT2D eigenvalue weighted by molar-refractivity contribution is 5.92. The van der Waals surface area contributed by atoms with E-state index in [1.54, 1.807) is 7.11 Å². The molecule has 0 aliphatic heterocycles. The normalized spacial score (nSPS) is 11.2. The Labute approximate surface area is 107 Å². The summed E-state index contributed by atoms with van der Waals surface area (Å²) >= 11 is 0. The van der Waals surface area contributed by atoms with E-state index in [4.69, 9.17) is 4.74 Å². The number of carbonyl (C=O) groups excluding carboxylic acids is 1. The van der Waals surface area contributed by atoms with Crippen molar-refractivity contribution >= 4 is 16.7 Å². The van der Waals surface area contributed by atoms with Gasteiger partial charge in [-0.05, 0) is 30.7 Å². The van der Waals surface area contributed by atoms with E-state index in [9.17, 15) is 4.79 Å². The fourth-order valence-corrected chi connectivity index (χ4v) is 2.09. The molecule has 0 amide bonds. The van der Waals surface area contributed by atoms with Crippen LogP contribution in [0.15, 0.2) is 18.2 Å². The zero-order valence-corrected chi connectivity index (χ0v) is 11.3. The van der Waals surface area contributed by atoms with Crippen molar-refractivity contribution in [3.8, 4) is 5.75 Å². The van der Waals surface area contributed by atoms with E-state index in [2.05, 4.69) is 4.98 Å². The molecule has 0 fully saturated rings. The number of Topliss-reactive ketones (excluding diaryl/α,β-unsaturated/α-hetero) is 1. The highest BCUT2D eigenvalue weighted by Gasteiger charge is 2.15. The molecule has 0 saturated heterocycles. The van der Waals surface area contributed by atoms with Gasteiger partial charge in [-0.25, -0.2) is 0 Å². The zero-order chi connectivity index (χ0) is 13.3. The molecular formula is C15H19NO2. The van der Waals surface area contributed by atoms with Gasteiger partial charge in [-0.1, -0.05) is 13.8 Å². The first-order chi connectivity index (χ1) is 8.52. The van der Waals surface area contributed by atoms with Crippen LogP contribution in [0.1, 0.15) is 25.1 Å². The second-order valence-electron chi connectivity index (χ2n) is 4.94. The molecule has 18 heavy (non-hydrogen) atoms. The van der Waals surface area contributed by atoms with Gasteiger partial charge in [0.1, 0.15) is 11.5 Å². The summed E-state index contributed by atoms with van der Waals surface area (Å²) < 4.78 is 5.24. The van der Waals surface area contributed by atoms with Crippen LogP contribution in [-0.2, 0) is 11.2 Å². The van der Waals surface area contributed by atoms with Gasteiger partial charge in [-0.2, -0.15) is 0 Å². The highest BCUT2D eigenvalue weighted by Crippen LogP contribution is 2.27. The SMILES string of the molecule is COc1ccc2[nH]c(C)c(CC(=O)C(C)C)c2c1. The monoisotopic (exact) mass is 245 g/mol. The number of benzene rings is 1. The number of H-pyrrole nitrogens is 1. The summed E-state index contributed by atoms with van der Waals surface area (Å²) in [5.41, 5.74) is 3.20. The van der Waals surface area contributed by atoms with Crippen LogP contribution in [0.2, 0.25) is 0 Å². The number of rotatable bonds is 4. The standard InChI is InChI=1S/C15H19NO2/c1-9(2)15(17)8-12-10(3)16-14-6-5-11(18-4)7-13(12)14/h5-7,9,16H,8H2,1-4H3. The number of hydrogen-bond donors (Lipinski definition) is 1. The van der Waals surface area contributed by atoms with E-state index in [1.807, 2.05) is 39.0 Å². The van der Waals surface area contributed by atoms with Gasteiger partial charge in [-0.15, -0.1) is 0 Å². The topological polar surface area (TPSA) is 42.1 Å². The number of ether oxygens (including phenoxy) is 1. The number of aromatic nitrogens is 1. The van der Waals surface area contributed by atoms with Crippen molar-refractivity contribution in [3.05, 3.63) is 29.5 Å². The van der Waals surface area contributed by atoms with Gasteiger partial charge in [0.15, 0.2) is 0 Å². The molecule has 2 aromatic rings. The van der Waals surface area contributed by atoms with Crippen molar-refractivity contribution in [2.24, 2.45) is 5.92 Å². The first kappa shape index (κ1) is 12.7. The van der Waals surface area contributed by atoms with Crippen LogP contribution < -0.4 is 4.74 Å². The Kier molecular flexibility index (Phi) is 3.41. The van der Waals surface area contributed by atoms with Gasteiger partial charge in [0, 0.05) is 28.9 Å². The van der Waals surface area contributed by atoms with E-state index in [0.717, 1.165) is 27.9 Å². The lowest BCUT2D eigenvalue weighted by Crippen LogP contribution is -2.10. The number of aryl methyl sites for hydroxylation is 1. The number of methoxy groups -OCH3 is 1. The maximum absolute atomic E-state index is 11.9. The zero-order valence-electron chi connectivity index (χ0n) is 11.3. The number of fused-ring (bicyclic) bond motifs is 1. The molecule has 0 saturated carbocycles. The molecule has 3 heteroatoms. The van der Waals surface area contributed by atoms with Crippen molar-refractivity contribution in [2.45, 2.75) is 27.2 Å². The maximum Gasteiger partial charge on any atom is 0.139 e. The summed E-state index contributed by atoms with van der Waals surface area (Å²) in [5.74, 6) is 1.15.